The average Bonchev–Trinajstić information content (AvgIpc) is 1.58. The maximum absolute atomic E-state index is 13.8. The van der Waals surface area contributed by atoms with Gasteiger partial charge in [-0.15, -0.1) is 0 Å². The number of fused-ring (bicyclic) bond motifs is 4. The lowest BCUT2D eigenvalue weighted by Gasteiger charge is -2.47. The Morgan fingerprint density at radius 3 is 2.14 bits per heavy atom. The Morgan fingerprint density at radius 1 is 0.765 bits per heavy atom. The number of amides is 5. The van der Waals surface area contributed by atoms with E-state index in [4.69, 9.17) is 37.9 Å². The molecule has 0 bridgehead atoms. The molecule has 3 aliphatic rings. The lowest BCUT2D eigenvalue weighted by Crippen LogP contribution is -2.61. The molecule has 1 saturated carbocycles. The molecule has 34 nitrogen and oxygen atoms in total. The van der Waals surface area contributed by atoms with Gasteiger partial charge in [0.25, 0.3) is 11.8 Å². The number of carbonyl (C=O) groups excluding carboxylic acids is 5. The van der Waals surface area contributed by atoms with Crippen LogP contribution < -0.4 is 49.1 Å². The van der Waals surface area contributed by atoms with Gasteiger partial charge in [-0.1, -0.05) is 73.9 Å². The molecule has 5 aromatic heterocycles. The Kier molecular flexibility index (Phi) is 26.1. The summed E-state index contributed by atoms with van der Waals surface area (Å²) >= 11 is 0. The van der Waals surface area contributed by atoms with Crippen LogP contribution in [-0.2, 0) is 41.7 Å². The van der Waals surface area contributed by atoms with Crippen molar-refractivity contribution < 1.29 is 74.4 Å². The number of piperidine rings is 1. The van der Waals surface area contributed by atoms with Gasteiger partial charge in [0, 0.05) is 48.7 Å². The number of para-hydroxylation sites is 1. The second-order valence-electron chi connectivity index (χ2n) is 26.2. The number of β-amino-alcohol motifs (C(OH)–C–C–N with tert-alkyl or cyclic N) is 1. The monoisotopic (exact) mass is 1410 g/mol. The molecule has 1 aliphatic carbocycles. The second kappa shape index (κ2) is 34.5. The number of aliphatic hydroxyl groups excluding tert-OH is 4. The number of carbonyl (C=O) groups is 7. The van der Waals surface area contributed by atoms with Crippen molar-refractivity contribution in [3.63, 3.8) is 0 Å². The standard InChI is InChI=1S/C38H50N6O5.C20H22N8O5.C10H13N5O4.H2O/c1-38(2,3)43-37(49)32-20-26-14-7-8-15-27(26)22-44(32)23-33(45)30(19-24-11-5-4-6-12-24)41-36(48)31(21-34(39)46)42-35(47)29-18-17-25-13-9-10-16-28(25)40-29;1-28(9-11-8-23-17-15(24-11)16(21)26-20(22)27-17)12-4-2-10(3-5-12)18(31)25-13(19(32)33)6-7-14(29)30;11-8-5-9(13-2-12-8)15(3-14-5)10-7(18)6(17)4(1-16)19-10;/h4-6,9-13,16-18,26-27,30-33,45H,7-8,14-15,19-23H2,1-3H3,(H2,39,46)(H,41,48)(H,42,47)(H,43,49);2-5,8,13H,6-7,9H2,1H3,(H,25,31)(H,29,30)(H,32,33)(H4,21,22,23,26,27);2-4,6-7,10,16-18H,1H2,(H2,11,12,13);1H2/t26-,27+,30-,31-,32-,33+;13-;4-,6-,7+,10-;/m001./s1. The fourth-order valence-corrected chi connectivity index (χ4v) is 12.5. The number of primary amides is 1. The van der Waals surface area contributed by atoms with Crippen LogP contribution in [0.4, 0.5) is 23.3 Å². The van der Waals surface area contributed by atoms with Crippen LogP contribution in [0, 0.1) is 11.8 Å². The molecule has 11 atom stereocenters. The maximum Gasteiger partial charge on any atom is 0.326 e. The van der Waals surface area contributed by atoms with Gasteiger partial charge in [0.05, 0.1) is 61.5 Å². The molecule has 3 aromatic carbocycles. The van der Waals surface area contributed by atoms with E-state index in [1.807, 2.05) is 81.2 Å². The Hall–Kier alpha value is -10.7. The summed E-state index contributed by atoms with van der Waals surface area (Å²) in [6, 6.07) is 22.8. The Morgan fingerprint density at radius 2 is 1.46 bits per heavy atom. The predicted molar refractivity (Wildman–Crippen MR) is 373 cm³/mol. The van der Waals surface area contributed by atoms with Crippen molar-refractivity contribution in [3.8, 4) is 0 Å². The van der Waals surface area contributed by atoms with Crippen molar-refractivity contribution in [3.05, 3.63) is 132 Å². The number of nitrogens with one attached hydrogen (secondary N) is 4. The highest BCUT2D eigenvalue weighted by Crippen LogP contribution is 2.39. The number of hydrogen-bond acceptors (Lipinski definition) is 25. The van der Waals surface area contributed by atoms with Gasteiger partial charge in [0.1, 0.15) is 47.9 Å². The van der Waals surface area contributed by atoms with Crippen molar-refractivity contribution in [2.24, 2.45) is 17.6 Å². The molecule has 5 amide bonds. The summed E-state index contributed by atoms with van der Waals surface area (Å²) in [7, 11) is 1.82. The van der Waals surface area contributed by atoms with Crippen LogP contribution in [-0.4, -0.2) is 208 Å². The lowest BCUT2D eigenvalue weighted by atomic mass is 9.72. The quantitative estimate of drug-likeness (QED) is 0.0416. The number of ether oxygens (including phenoxy) is 1. The molecule has 11 rings (SSSR count). The fourth-order valence-electron chi connectivity index (χ4n) is 12.5. The minimum Gasteiger partial charge on any atom is -0.481 e. The van der Waals surface area contributed by atoms with Gasteiger partial charge in [-0.25, -0.2) is 34.7 Å². The summed E-state index contributed by atoms with van der Waals surface area (Å²) in [4.78, 5) is 124. The molecule has 34 heteroatoms. The number of anilines is 4. The van der Waals surface area contributed by atoms with Gasteiger partial charge in [-0.2, -0.15) is 9.97 Å². The maximum atomic E-state index is 13.8. The van der Waals surface area contributed by atoms with Gasteiger partial charge < -0.3 is 90.0 Å². The summed E-state index contributed by atoms with van der Waals surface area (Å²) in [5, 5.41) is 70.4. The molecule has 0 unspecified atom stereocenters. The van der Waals surface area contributed by atoms with Crippen molar-refractivity contribution in [2.45, 2.75) is 145 Å². The van der Waals surface area contributed by atoms with Crippen molar-refractivity contribution in [1.82, 2.24) is 70.6 Å². The highest BCUT2D eigenvalue weighted by atomic mass is 16.6. The van der Waals surface area contributed by atoms with E-state index < -0.39 is 109 Å². The van der Waals surface area contributed by atoms with Crippen LogP contribution in [0.1, 0.15) is 110 Å². The summed E-state index contributed by atoms with van der Waals surface area (Å²) in [6.07, 6.45) is 3.57. The zero-order valence-electron chi connectivity index (χ0n) is 56.6. The van der Waals surface area contributed by atoms with Crippen LogP contribution in [0.15, 0.2) is 110 Å². The van der Waals surface area contributed by atoms with E-state index >= 15 is 0 Å². The fraction of sp³-hybridized carbons (Fsp3) is 0.426. The number of carboxylic acids is 2. The number of nitrogens with two attached hydrogens (primary N) is 4. The van der Waals surface area contributed by atoms with Crippen molar-refractivity contribution in [1.29, 1.82) is 0 Å². The summed E-state index contributed by atoms with van der Waals surface area (Å²) in [6.45, 7) is 6.70. The average molecular weight is 1410 g/mol. The van der Waals surface area contributed by atoms with E-state index in [1.54, 1.807) is 36.5 Å². The Labute approximate surface area is 585 Å². The second-order valence-corrected chi connectivity index (χ2v) is 26.2. The molecule has 3 fully saturated rings. The van der Waals surface area contributed by atoms with Crippen molar-refractivity contribution in [2.75, 3.05) is 48.8 Å². The molecule has 102 heavy (non-hydrogen) atoms. The number of hydrogen-bond donors (Lipinski definition) is 14. The zero-order chi connectivity index (χ0) is 72.8. The molecule has 0 spiro atoms. The largest absolute Gasteiger partial charge is 0.481 e. The first-order chi connectivity index (χ1) is 48.1. The van der Waals surface area contributed by atoms with Crippen LogP contribution in [0.5, 0.6) is 0 Å². The van der Waals surface area contributed by atoms with Crippen LogP contribution in [0.3, 0.4) is 0 Å². The molecule has 20 N–H and O–H groups in total. The first-order valence-electron chi connectivity index (χ1n) is 32.8. The van der Waals surface area contributed by atoms with E-state index in [2.05, 4.69) is 66.0 Å². The number of likely N-dealkylation sites (tertiary alicyclic amines) is 1. The summed E-state index contributed by atoms with van der Waals surface area (Å²) in [5.41, 5.74) is 26.8. The molecule has 8 aromatic rings. The van der Waals surface area contributed by atoms with Gasteiger partial charge in [-0.05, 0) is 100 Å². The number of nitrogens with zero attached hydrogens (tertiary/aromatic N) is 11. The molecule has 0 radical (unpaired) electrons. The van der Waals surface area contributed by atoms with E-state index in [0.29, 0.717) is 58.5 Å². The van der Waals surface area contributed by atoms with Crippen LogP contribution >= 0.6 is 0 Å². The van der Waals surface area contributed by atoms with Gasteiger partial charge in [-0.3, -0.25) is 38.2 Å². The number of aliphatic carboxylic acids is 2. The Balaban J connectivity index is 0.000000213. The molecular weight excluding hydrogens is 1320 g/mol. The zero-order valence-corrected chi connectivity index (χ0v) is 56.6. The van der Waals surface area contributed by atoms with Gasteiger partial charge >= 0.3 is 11.9 Å². The van der Waals surface area contributed by atoms with E-state index in [9.17, 15) is 54.0 Å². The molecule has 7 heterocycles. The first-order valence-corrected chi connectivity index (χ1v) is 32.8. The summed E-state index contributed by atoms with van der Waals surface area (Å²) < 4.78 is 6.85. The number of rotatable bonds is 23. The van der Waals surface area contributed by atoms with E-state index in [-0.39, 0.29) is 66.0 Å². The van der Waals surface area contributed by atoms with Crippen LogP contribution in [0.25, 0.3) is 33.2 Å². The highest BCUT2D eigenvalue weighted by Gasteiger charge is 2.45. The minimum absolute atomic E-state index is 0. The number of imidazole rings is 1. The third-order valence-corrected chi connectivity index (χ3v) is 17.6. The van der Waals surface area contributed by atoms with Gasteiger partial charge in [0.2, 0.25) is 23.7 Å². The lowest BCUT2D eigenvalue weighted by molar-refractivity contribution is -0.140. The number of nitrogen functional groups attached to an aromatic ring is 3. The normalized spacial score (nSPS) is 19.9. The van der Waals surface area contributed by atoms with Crippen molar-refractivity contribution >= 4 is 98.0 Å². The number of aliphatic hydroxyl groups is 4. The number of aromatic nitrogens is 9. The number of pyridine rings is 1. The predicted octanol–water partition coefficient (Wildman–Crippen LogP) is 0.556. The minimum atomic E-state index is -1.30. The molecule has 544 valence electrons. The Bertz CT molecular complexity index is 4250. The molecule has 2 aliphatic heterocycles. The number of benzene rings is 3. The van der Waals surface area contributed by atoms with Gasteiger partial charge in [0.15, 0.2) is 34.7 Å². The molecule has 2 saturated heterocycles. The first kappa shape index (κ1) is 77.0. The topological polar surface area (TPSA) is 548 Å². The molecular formula is C68H87N19O15. The van der Waals surface area contributed by atoms with E-state index in [1.165, 1.54) is 35.8 Å². The SMILES string of the molecule is CC(C)(C)NC(=O)[C@@H]1C[C@@H]2CCCC[C@@H]2CN1C[C@@H](O)[C@H](Cc1ccccc1)NC(=O)[C@H](CC(N)=O)NC(=O)c1ccc2ccccc2n1.CN(Cc1cnc2nc(N)nc(N)c2n1)c1ccc(C(=O)N[C@@H](CCC(=O)O)C(=O)O)cc1.Nc1ncnc2c1ncn2[C@@H]1O[C@H](CO)[C@@H](O)[C@@H]1O.O. The number of carboxylic acid groups (broad SMARTS) is 2. The summed E-state index contributed by atoms with van der Waals surface area (Å²) in [5.74, 6) is -3.89. The third kappa shape index (κ3) is 20.0. The smallest absolute Gasteiger partial charge is 0.326 e. The van der Waals surface area contributed by atoms with E-state index in [0.717, 1.165) is 42.3 Å². The van der Waals surface area contributed by atoms with Crippen LogP contribution in [0.2, 0.25) is 0 Å². The highest BCUT2D eigenvalue weighted by molar-refractivity contribution is 5.99. The third-order valence-electron chi connectivity index (χ3n) is 17.6.